The molecule has 0 aliphatic heterocycles. The first-order chi connectivity index (χ1) is 16.9. The van der Waals surface area contributed by atoms with Gasteiger partial charge in [-0.3, -0.25) is 4.79 Å². The third-order valence-electron chi connectivity index (χ3n) is 5.01. The molecule has 12 nitrogen and oxygen atoms in total. The summed E-state index contributed by atoms with van der Waals surface area (Å²) >= 11 is 3.52. The summed E-state index contributed by atoms with van der Waals surface area (Å²) in [4.78, 5) is 12.7. The molecule has 0 aliphatic rings. The number of amides is 1. The lowest BCUT2D eigenvalue weighted by Gasteiger charge is -2.14. The monoisotopic (exact) mass is 540 g/mol. The van der Waals surface area contributed by atoms with E-state index in [1.54, 1.807) is 26.2 Å². The van der Waals surface area contributed by atoms with E-state index in [0.717, 1.165) is 15.8 Å². The molecule has 0 fully saturated rings. The number of nitrogens with zero attached hydrogens (tertiary/aromatic N) is 6. The lowest BCUT2D eigenvalue weighted by Crippen LogP contribution is -2.22. The average Bonchev–Trinajstić information content (AvgIpc) is 3.43. The molecular formula is C22H21BrN8O4. The van der Waals surface area contributed by atoms with Gasteiger partial charge >= 0.3 is 0 Å². The number of carbonyl (C=O) groups is 1. The number of ether oxygens (including phenoxy) is 2. The standard InChI is InChI=1S/C22H21BrN8O4/c1-12-6-4-5-7-15(12)11-34-19-16(23)8-14(9-17(19)33-3)10-25-27-22(32)18-13(2)26-30-31(18)21-20(24)28-35-29-21/h4-10H,11H2,1-3H3,(H2,24,28)(H,27,32)/b25-10+. The van der Waals surface area contributed by atoms with Crippen molar-refractivity contribution in [2.24, 2.45) is 5.10 Å². The normalized spacial score (nSPS) is 11.1. The van der Waals surface area contributed by atoms with Crippen LogP contribution in [0, 0.1) is 13.8 Å². The second-order valence-corrected chi connectivity index (χ2v) is 8.21. The van der Waals surface area contributed by atoms with Gasteiger partial charge in [-0.05, 0) is 68.9 Å². The highest BCUT2D eigenvalue weighted by molar-refractivity contribution is 9.10. The summed E-state index contributed by atoms with van der Waals surface area (Å²) in [6.45, 7) is 4.03. The van der Waals surface area contributed by atoms with E-state index in [2.05, 4.69) is 51.7 Å². The van der Waals surface area contributed by atoms with Crippen molar-refractivity contribution in [2.45, 2.75) is 20.5 Å². The number of nitrogens with one attached hydrogen (secondary N) is 1. The summed E-state index contributed by atoms with van der Waals surface area (Å²) in [5, 5.41) is 18.9. The Morgan fingerprint density at radius 2 is 2.09 bits per heavy atom. The van der Waals surface area contributed by atoms with E-state index in [-0.39, 0.29) is 17.3 Å². The molecule has 2 aromatic carbocycles. The molecule has 0 radical (unpaired) electrons. The van der Waals surface area contributed by atoms with Crippen LogP contribution in [0.1, 0.15) is 32.9 Å². The van der Waals surface area contributed by atoms with E-state index < -0.39 is 5.91 Å². The highest BCUT2D eigenvalue weighted by Gasteiger charge is 2.22. The van der Waals surface area contributed by atoms with Gasteiger partial charge in [-0.1, -0.05) is 29.5 Å². The van der Waals surface area contributed by atoms with Gasteiger partial charge in [0.1, 0.15) is 6.61 Å². The summed E-state index contributed by atoms with van der Waals surface area (Å²) in [5.41, 5.74) is 11.4. The van der Waals surface area contributed by atoms with Crippen molar-refractivity contribution >= 4 is 33.9 Å². The number of benzene rings is 2. The predicted molar refractivity (Wildman–Crippen MR) is 130 cm³/mol. The second kappa shape index (κ2) is 10.3. The number of methoxy groups -OCH3 is 1. The molecule has 0 atom stereocenters. The minimum absolute atomic E-state index is 0.0332. The number of anilines is 1. The first-order valence-corrected chi connectivity index (χ1v) is 11.1. The number of nitrogen functional groups attached to an aromatic ring is 1. The van der Waals surface area contributed by atoms with Crippen LogP contribution >= 0.6 is 15.9 Å². The molecule has 0 aliphatic carbocycles. The highest BCUT2D eigenvalue weighted by atomic mass is 79.9. The van der Waals surface area contributed by atoms with Crippen LogP contribution in [0.25, 0.3) is 5.82 Å². The number of aryl methyl sites for hydroxylation is 2. The largest absolute Gasteiger partial charge is 0.493 e. The van der Waals surface area contributed by atoms with Gasteiger partial charge in [0.25, 0.3) is 5.91 Å². The molecule has 0 spiro atoms. The van der Waals surface area contributed by atoms with E-state index in [4.69, 9.17) is 15.2 Å². The topological polar surface area (TPSA) is 156 Å². The summed E-state index contributed by atoms with van der Waals surface area (Å²) in [7, 11) is 1.55. The number of hydrogen-bond donors (Lipinski definition) is 2. The Hall–Kier alpha value is -4.26. The number of aromatic nitrogens is 5. The fraction of sp³-hybridized carbons (Fsp3) is 0.182. The molecule has 2 aromatic heterocycles. The van der Waals surface area contributed by atoms with Crippen LogP contribution in [0.3, 0.4) is 0 Å². The van der Waals surface area contributed by atoms with Crippen LogP contribution in [0.5, 0.6) is 11.5 Å². The minimum atomic E-state index is -0.574. The summed E-state index contributed by atoms with van der Waals surface area (Å²) in [6, 6.07) is 11.5. The second-order valence-electron chi connectivity index (χ2n) is 7.36. The van der Waals surface area contributed by atoms with Crippen LogP contribution in [0.2, 0.25) is 0 Å². The fourth-order valence-corrected chi connectivity index (χ4v) is 3.77. The molecule has 180 valence electrons. The van der Waals surface area contributed by atoms with Crippen molar-refractivity contribution in [2.75, 3.05) is 12.8 Å². The van der Waals surface area contributed by atoms with Crippen molar-refractivity contribution in [1.82, 2.24) is 30.7 Å². The van der Waals surface area contributed by atoms with Crippen molar-refractivity contribution < 1.29 is 18.9 Å². The number of hydrogen-bond acceptors (Lipinski definition) is 10. The Kier molecular flexibility index (Phi) is 7.06. The van der Waals surface area contributed by atoms with E-state index >= 15 is 0 Å². The van der Waals surface area contributed by atoms with Crippen LogP contribution in [0.4, 0.5) is 5.82 Å². The van der Waals surface area contributed by atoms with E-state index in [1.807, 2.05) is 31.2 Å². The zero-order chi connectivity index (χ0) is 24.9. The molecule has 0 saturated carbocycles. The molecule has 13 heteroatoms. The molecule has 4 aromatic rings. The summed E-state index contributed by atoms with van der Waals surface area (Å²) in [5.74, 6) is 0.508. The Morgan fingerprint density at radius 1 is 1.29 bits per heavy atom. The maximum atomic E-state index is 12.7. The summed E-state index contributed by atoms with van der Waals surface area (Å²) in [6.07, 6.45) is 1.46. The van der Waals surface area contributed by atoms with Crippen molar-refractivity contribution in [3.05, 3.63) is 68.9 Å². The van der Waals surface area contributed by atoms with E-state index in [1.165, 1.54) is 6.21 Å². The lowest BCUT2D eigenvalue weighted by atomic mass is 10.1. The third-order valence-corrected chi connectivity index (χ3v) is 5.60. The van der Waals surface area contributed by atoms with Crippen LogP contribution < -0.4 is 20.6 Å². The fourth-order valence-electron chi connectivity index (χ4n) is 3.20. The minimum Gasteiger partial charge on any atom is -0.493 e. The molecule has 0 unspecified atom stereocenters. The Balaban J connectivity index is 1.49. The molecule has 4 rings (SSSR count). The van der Waals surface area contributed by atoms with Gasteiger partial charge < -0.3 is 15.2 Å². The van der Waals surface area contributed by atoms with E-state index in [9.17, 15) is 4.79 Å². The first-order valence-electron chi connectivity index (χ1n) is 10.3. The highest BCUT2D eigenvalue weighted by Crippen LogP contribution is 2.37. The molecule has 1 amide bonds. The van der Waals surface area contributed by atoms with Gasteiger partial charge in [0.2, 0.25) is 11.6 Å². The number of nitrogens with two attached hydrogens (primary N) is 1. The smallest absolute Gasteiger partial charge is 0.292 e. The first kappa shape index (κ1) is 23.9. The SMILES string of the molecule is COc1cc(/C=N/NC(=O)c2c(C)nnn2-c2nonc2N)cc(Br)c1OCc1ccccc1C. The Labute approximate surface area is 208 Å². The molecule has 3 N–H and O–H groups in total. The number of halogens is 1. The van der Waals surface area contributed by atoms with Gasteiger partial charge in [0.05, 0.1) is 23.5 Å². The maximum Gasteiger partial charge on any atom is 0.292 e. The summed E-state index contributed by atoms with van der Waals surface area (Å²) < 4.78 is 17.9. The van der Waals surface area contributed by atoms with Gasteiger partial charge in [-0.15, -0.1) is 5.10 Å². The van der Waals surface area contributed by atoms with Gasteiger partial charge in [0.15, 0.2) is 17.2 Å². The van der Waals surface area contributed by atoms with Crippen molar-refractivity contribution in [3.63, 3.8) is 0 Å². The Morgan fingerprint density at radius 3 is 2.80 bits per heavy atom. The van der Waals surface area contributed by atoms with Gasteiger partial charge in [0, 0.05) is 0 Å². The van der Waals surface area contributed by atoms with Gasteiger partial charge in [-0.25, -0.2) is 10.1 Å². The van der Waals surface area contributed by atoms with Gasteiger partial charge in [-0.2, -0.15) is 9.78 Å². The predicted octanol–water partition coefficient (Wildman–Crippen LogP) is 2.96. The number of rotatable bonds is 8. The molecular weight excluding hydrogens is 520 g/mol. The van der Waals surface area contributed by atoms with Crippen molar-refractivity contribution in [3.8, 4) is 17.3 Å². The van der Waals surface area contributed by atoms with Crippen LogP contribution in [-0.2, 0) is 6.61 Å². The molecule has 0 bridgehead atoms. The quantitative estimate of drug-likeness (QED) is 0.253. The van der Waals surface area contributed by atoms with Crippen LogP contribution in [-0.4, -0.2) is 44.5 Å². The third kappa shape index (κ3) is 5.14. The maximum absolute atomic E-state index is 12.7. The molecule has 2 heterocycles. The Bertz CT molecular complexity index is 1400. The molecule has 35 heavy (non-hydrogen) atoms. The van der Waals surface area contributed by atoms with E-state index in [0.29, 0.717) is 33.8 Å². The van der Waals surface area contributed by atoms with Crippen molar-refractivity contribution in [1.29, 1.82) is 0 Å². The molecule has 0 saturated heterocycles. The number of hydrazone groups is 1. The zero-order valence-electron chi connectivity index (χ0n) is 19.0. The lowest BCUT2D eigenvalue weighted by molar-refractivity contribution is 0.0946. The number of carbonyl (C=O) groups excluding carboxylic acids is 1. The van der Waals surface area contributed by atoms with Crippen LogP contribution in [0.15, 0.2) is 50.6 Å². The zero-order valence-corrected chi connectivity index (χ0v) is 20.6. The average molecular weight is 541 g/mol.